The van der Waals surface area contributed by atoms with Crippen LogP contribution in [-0.2, 0) is 11.2 Å². The van der Waals surface area contributed by atoms with Gasteiger partial charge in [-0.15, -0.1) is 0 Å². The Morgan fingerprint density at radius 1 is 0.867 bits per heavy atom. The maximum atomic E-state index is 10.6. The number of halogens is 1. The molecule has 0 aromatic heterocycles. The summed E-state index contributed by atoms with van der Waals surface area (Å²) in [7, 11) is 0. The minimum atomic E-state index is -1.46. The fourth-order valence-corrected chi connectivity index (χ4v) is 4.27. The lowest BCUT2D eigenvalue weighted by Crippen LogP contribution is -2.55. The maximum Gasteiger partial charge on any atom is 0.115 e. The van der Waals surface area contributed by atoms with E-state index in [1.54, 1.807) is 24.3 Å². The predicted octanol–water partition coefficient (Wildman–Crippen LogP) is 2.30. The number of rotatable bonds is 4. The molecular formula is C23H23ClO6. The molecule has 0 radical (unpaired) electrons. The van der Waals surface area contributed by atoms with Crippen LogP contribution in [0, 0.1) is 0 Å². The predicted molar refractivity (Wildman–Crippen MR) is 113 cm³/mol. The molecule has 0 aliphatic carbocycles. The molecule has 6 nitrogen and oxygen atoms in total. The Morgan fingerprint density at radius 2 is 1.53 bits per heavy atom. The molecule has 4 rings (SSSR count). The number of aliphatic hydroxyl groups is 4. The highest BCUT2D eigenvalue weighted by Gasteiger charge is 2.44. The highest BCUT2D eigenvalue weighted by Crippen LogP contribution is 2.40. The first kappa shape index (κ1) is 21.1. The van der Waals surface area contributed by atoms with Crippen molar-refractivity contribution in [2.75, 3.05) is 6.61 Å². The summed E-state index contributed by atoms with van der Waals surface area (Å²) in [6.45, 7) is -0.493. The summed E-state index contributed by atoms with van der Waals surface area (Å²) in [6.07, 6.45) is -5.74. The van der Waals surface area contributed by atoms with Crippen LogP contribution in [-0.4, -0.2) is 56.6 Å². The van der Waals surface area contributed by atoms with Crippen LogP contribution in [0.1, 0.15) is 22.8 Å². The van der Waals surface area contributed by atoms with Gasteiger partial charge in [0, 0.05) is 5.39 Å². The third-order valence-electron chi connectivity index (χ3n) is 5.62. The molecule has 0 amide bonds. The molecule has 5 atom stereocenters. The number of hydrogen-bond acceptors (Lipinski definition) is 6. The Hall–Kier alpha value is -2.19. The second kappa shape index (κ2) is 8.51. The van der Waals surface area contributed by atoms with E-state index < -0.39 is 37.1 Å². The highest BCUT2D eigenvalue weighted by atomic mass is 35.5. The normalized spacial score (nSPS) is 26.8. The monoisotopic (exact) mass is 430 g/mol. The number of fused-ring (bicyclic) bond motifs is 1. The zero-order chi connectivity index (χ0) is 21.4. The van der Waals surface area contributed by atoms with Crippen molar-refractivity contribution in [1.82, 2.24) is 0 Å². The van der Waals surface area contributed by atoms with E-state index in [0.29, 0.717) is 17.0 Å². The number of ether oxygens (including phenoxy) is 1. The molecule has 1 saturated heterocycles. The number of phenolic OH excluding ortho intramolecular Hbond substituents is 1. The topological polar surface area (TPSA) is 110 Å². The van der Waals surface area contributed by atoms with E-state index in [1.165, 1.54) is 0 Å². The van der Waals surface area contributed by atoms with Gasteiger partial charge in [-0.2, -0.15) is 0 Å². The Kier molecular flexibility index (Phi) is 5.97. The summed E-state index contributed by atoms with van der Waals surface area (Å²) < 4.78 is 5.80. The average Bonchev–Trinajstić information content (AvgIpc) is 2.76. The molecule has 158 valence electrons. The second-order valence-electron chi connectivity index (χ2n) is 7.58. The Bertz CT molecular complexity index is 1040. The van der Waals surface area contributed by atoms with Crippen molar-refractivity contribution < 1.29 is 30.3 Å². The SMILES string of the molecule is OC[C@H]1O[C@@H](c2cc(Cc3ccc(O)cc3)c(Cl)c3ccccc23)[C@H](O)[C@@H](O)[C@@H]1O. The standard InChI is InChI=1S/C23H23ClO6/c24-19-13(9-12-5-7-14(26)8-6-12)10-17(15-3-1-2-4-16(15)19)23-22(29)21(28)20(27)18(11-25)30-23/h1-8,10,18,20-23,25-29H,9,11H2/t18-,20-,21+,22-,23+/m1/s1. The molecule has 0 unspecified atom stereocenters. The van der Waals surface area contributed by atoms with Gasteiger partial charge in [0.05, 0.1) is 11.6 Å². The van der Waals surface area contributed by atoms with Crippen LogP contribution in [0.2, 0.25) is 5.02 Å². The number of hydrogen-bond donors (Lipinski definition) is 5. The Morgan fingerprint density at radius 3 is 2.20 bits per heavy atom. The van der Waals surface area contributed by atoms with E-state index in [0.717, 1.165) is 21.9 Å². The molecule has 1 aliphatic heterocycles. The molecule has 5 N–H and O–H groups in total. The molecule has 7 heteroatoms. The van der Waals surface area contributed by atoms with E-state index >= 15 is 0 Å². The van der Waals surface area contributed by atoms with Gasteiger partial charge >= 0.3 is 0 Å². The van der Waals surface area contributed by atoms with Crippen LogP contribution in [0.15, 0.2) is 54.6 Å². The summed E-state index contributed by atoms with van der Waals surface area (Å²) in [4.78, 5) is 0. The minimum absolute atomic E-state index is 0.172. The Balaban J connectivity index is 1.82. The molecule has 1 heterocycles. The van der Waals surface area contributed by atoms with Gasteiger partial charge in [0.25, 0.3) is 0 Å². The van der Waals surface area contributed by atoms with Crippen LogP contribution in [0.3, 0.4) is 0 Å². The van der Waals surface area contributed by atoms with Crippen LogP contribution in [0.4, 0.5) is 0 Å². The van der Waals surface area contributed by atoms with Gasteiger partial charge < -0.3 is 30.3 Å². The first-order valence-electron chi connectivity index (χ1n) is 9.69. The number of aromatic hydroxyl groups is 1. The maximum absolute atomic E-state index is 10.6. The van der Waals surface area contributed by atoms with Crippen molar-refractivity contribution in [3.8, 4) is 5.75 Å². The van der Waals surface area contributed by atoms with Gasteiger partial charge in [-0.3, -0.25) is 0 Å². The van der Waals surface area contributed by atoms with Crippen LogP contribution >= 0.6 is 11.6 Å². The lowest BCUT2D eigenvalue weighted by atomic mass is 9.87. The third-order valence-corrected chi connectivity index (χ3v) is 6.06. The van der Waals surface area contributed by atoms with Crippen molar-refractivity contribution in [1.29, 1.82) is 0 Å². The van der Waals surface area contributed by atoms with Crippen LogP contribution < -0.4 is 0 Å². The summed E-state index contributed by atoms with van der Waals surface area (Å²) in [5, 5.41) is 52.1. The fourth-order valence-electron chi connectivity index (χ4n) is 3.98. The van der Waals surface area contributed by atoms with E-state index in [2.05, 4.69) is 0 Å². The fraction of sp³-hybridized carbons (Fsp3) is 0.304. The highest BCUT2D eigenvalue weighted by molar-refractivity contribution is 6.36. The lowest BCUT2D eigenvalue weighted by Gasteiger charge is -2.40. The average molecular weight is 431 g/mol. The molecular weight excluding hydrogens is 408 g/mol. The molecule has 3 aromatic rings. The van der Waals surface area contributed by atoms with Crippen molar-refractivity contribution in [3.05, 3.63) is 76.3 Å². The van der Waals surface area contributed by atoms with E-state index in [9.17, 15) is 25.5 Å². The summed E-state index contributed by atoms with van der Waals surface area (Å²) in [6, 6.07) is 16.0. The smallest absolute Gasteiger partial charge is 0.115 e. The zero-order valence-corrected chi connectivity index (χ0v) is 16.8. The molecule has 0 bridgehead atoms. The van der Waals surface area contributed by atoms with E-state index in [1.807, 2.05) is 30.3 Å². The van der Waals surface area contributed by atoms with Gasteiger partial charge in [0.1, 0.15) is 36.3 Å². The van der Waals surface area contributed by atoms with Crippen LogP contribution in [0.5, 0.6) is 5.75 Å². The first-order chi connectivity index (χ1) is 14.4. The summed E-state index contributed by atoms with van der Waals surface area (Å²) >= 11 is 6.70. The number of phenols is 1. The molecule has 0 spiro atoms. The van der Waals surface area contributed by atoms with Gasteiger partial charge in [0.15, 0.2) is 0 Å². The lowest BCUT2D eigenvalue weighted by molar-refractivity contribution is -0.231. The van der Waals surface area contributed by atoms with Crippen molar-refractivity contribution in [2.24, 2.45) is 0 Å². The molecule has 1 fully saturated rings. The zero-order valence-electron chi connectivity index (χ0n) is 16.0. The summed E-state index contributed by atoms with van der Waals surface area (Å²) in [5.41, 5.74) is 2.33. The second-order valence-corrected chi connectivity index (χ2v) is 7.96. The minimum Gasteiger partial charge on any atom is -0.508 e. The largest absolute Gasteiger partial charge is 0.508 e. The van der Waals surface area contributed by atoms with Gasteiger partial charge in [-0.1, -0.05) is 54.1 Å². The van der Waals surface area contributed by atoms with Gasteiger partial charge in [0.2, 0.25) is 0 Å². The van der Waals surface area contributed by atoms with Crippen molar-refractivity contribution >= 4 is 22.4 Å². The van der Waals surface area contributed by atoms with Crippen molar-refractivity contribution in [3.63, 3.8) is 0 Å². The molecule has 1 aliphatic rings. The molecule has 0 saturated carbocycles. The van der Waals surface area contributed by atoms with E-state index in [-0.39, 0.29) is 5.75 Å². The number of benzene rings is 3. The van der Waals surface area contributed by atoms with Crippen molar-refractivity contribution in [2.45, 2.75) is 36.9 Å². The molecule has 3 aromatic carbocycles. The van der Waals surface area contributed by atoms with E-state index in [4.69, 9.17) is 16.3 Å². The van der Waals surface area contributed by atoms with Gasteiger partial charge in [-0.05, 0) is 40.6 Å². The summed E-state index contributed by atoms with van der Waals surface area (Å²) in [5.74, 6) is 0.172. The third kappa shape index (κ3) is 3.78. The Labute approximate surface area is 178 Å². The molecule has 30 heavy (non-hydrogen) atoms. The first-order valence-corrected chi connectivity index (χ1v) is 10.1. The van der Waals surface area contributed by atoms with Crippen LogP contribution in [0.25, 0.3) is 10.8 Å². The number of aliphatic hydroxyl groups excluding tert-OH is 4. The quantitative estimate of drug-likeness (QED) is 0.434. The van der Waals surface area contributed by atoms with Gasteiger partial charge in [-0.25, -0.2) is 0 Å².